The Morgan fingerprint density at radius 2 is 1.67 bits per heavy atom. The first-order chi connectivity index (χ1) is 11.5. The van der Waals surface area contributed by atoms with E-state index in [-0.39, 0.29) is 5.91 Å². The lowest BCUT2D eigenvalue weighted by molar-refractivity contribution is -0.116. The van der Waals surface area contributed by atoms with Crippen molar-refractivity contribution in [3.63, 3.8) is 0 Å². The number of nitrogens with zero attached hydrogens (tertiary/aromatic N) is 6. The Hall–Kier alpha value is -3.09. The summed E-state index contributed by atoms with van der Waals surface area (Å²) < 4.78 is 1.71. The van der Waals surface area contributed by atoms with Crippen LogP contribution < -0.4 is 5.01 Å². The second-order valence-electron chi connectivity index (χ2n) is 5.92. The smallest absolute Gasteiger partial charge is 0.254 e. The van der Waals surface area contributed by atoms with E-state index in [2.05, 4.69) is 15.2 Å². The summed E-state index contributed by atoms with van der Waals surface area (Å²) in [5.41, 5.74) is 4.02. The van der Waals surface area contributed by atoms with Gasteiger partial charge in [0.1, 0.15) is 0 Å². The van der Waals surface area contributed by atoms with Crippen LogP contribution in [0.2, 0.25) is 0 Å². The highest BCUT2D eigenvalue weighted by atomic mass is 16.2. The molecule has 0 bridgehead atoms. The molecule has 3 aromatic rings. The molecular formula is C17H16N6O. The minimum Gasteiger partial charge on any atom is -0.272 e. The zero-order chi connectivity index (χ0) is 16.8. The van der Waals surface area contributed by atoms with Gasteiger partial charge in [0.05, 0.1) is 23.1 Å². The standard InChI is InChI=1S/C17H16N6O/c1-10-8-12(3)22(20-10)16-17(23-15(24)9-11(2)21-23)19-14-7-5-4-6-13(14)18-16/h4-8H,9H2,1-3H3. The lowest BCUT2D eigenvalue weighted by Crippen LogP contribution is -2.23. The van der Waals surface area contributed by atoms with Crippen molar-refractivity contribution in [1.82, 2.24) is 19.7 Å². The van der Waals surface area contributed by atoms with E-state index in [0.717, 1.165) is 22.6 Å². The van der Waals surface area contributed by atoms with E-state index >= 15 is 0 Å². The molecule has 1 aromatic carbocycles. The minimum atomic E-state index is -0.111. The molecule has 4 rings (SSSR count). The predicted octanol–water partition coefficient (Wildman–Crippen LogP) is 2.54. The van der Waals surface area contributed by atoms with Gasteiger partial charge < -0.3 is 0 Å². The highest BCUT2D eigenvalue weighted by Gasteiger charge is 2.28. The molecule has 1 amide bonds. The first-order valence-corrected chi connectivity index (χ1v) is 7.70. The van der Waals surface area contributed by atoms with Gasteiger partial charge in [-0.15, -0.1) is 0 Å². The SMILES string of the molecule is CC1=NN(c2nc3ccccc3nc2-n2nc(C)cc2C)C(=O)C1. The number of benzene rings is 1. The van der Waals surface area contributed by atoms with Gasteiger partial charge in [-0.25, -0.2) is 14.6 Å². The van der Waals surface area contributed by atoms with E-state index in [1.165, 1.54) is 5.01 Å². The molecule has 7 nitrogen and oxygen atoms in total. The molecule has 0 atom stereocenters. The quantitative estimate of drug-likeness (QED) is 0.727. The minimum absolute atomic E-state index is 0.111. The van der Waals surface area contributed by atoms with Gasteiger partial charge in [0, 0.05) is 11.4 Å². The molecule has 1 aliphatic heterocycles. The molecule has 0 N–H and O–H groups in total. The third kappa shape index (κ3) is 2.25. The Balaban J connectivity index is 2.01. The van der Waals surface area contributed by atoms with Gasteiger partial charge >= 0.3 is 0 Å². The zero-order valence-corrected chi connectivity index (χ0v) is 13.7. The number of carbonyl (C=O) groups excluding carboxylic acids is 1. The molecule has 2 aromatic heterocycles. The van der Waals surface area contributed by atoms with Crippen LogP contribution in [0.15, 0.2) is 35.4 Å². The van der Waals surface area contributed by atoms with Crippen molar-refractivity contribution in [2.45, 2.75) is 27.2 Å². The van der Waals surface area contributed by atoms with E-state index in [4.69, 9.17) is 4.98 Å². The van der Waals surface area contributed by atoms with Crippen molar-refractivity contribution < 1.29 is 4.79 Å². The number of hydrogen-bond donors (Lipinski definition) is 0. The van der Waals surface area contributed by atoms with Crippen molar-refractivity contribution >= 4 is 28.5 Å². The average molecular weight is 320 g/mol. The molecular weight excluding hydrogens is 304 g/mol. The molecule has 0 saturated carbocycles. The molecule has 3 heterocycles. The molecule has 0 unspecified atom stereocenters. The Morgan fingerprint density at radius 1 is 1.00 bits per heavy atom. The fraction of sp³-hybridized carbons (Fsp3) is 0.235. The van der Waals surface area contributed by atoms with E-state index in [1.54, 1.807) is 4.68 Å². The fourth-order valence-electron chi connectivity index (χ4n) is 2.83. The molecule has 0 radical (unpaired) electrons. The van der Waals surface area contributed by atoms with Gasteiger partial charge in [0.25, 0.3) is 5.91 Å². The van der Waals surface area contributed by atoms with Crippen LogP contribution in [0.5, 0.6) is 0 Å². The zero-order valence-electron chi connectivity index (χ0n) is 13.7. The summed E-state index contributed by atoms with van der Waals surface area (Å²) >= 11 is 0. The molecule has 0 fully saturated rings. The van der Waals surface area contributed by atoms with Crippen molar-refractivity contribution in [1.29, 1.82) is 0 Å². The van der Waals surface area contributed by atoms with Gasteiger partial charge in [-0.2, -0.15) is 15.2 Å². The summed E-state index contributed by atoms with van der Waals surface area (Å²) in [4.78, 5) is 21.7. The monoisotopic (exact) mass is 320 g/mol. The Bertz CT molecular complexity index is 1000. The van der Waals surface area contributed by atoms with Crippen LogP contribution in [-0.2, 0) is 4.79 Å². The van der Waals surface area contributed by atoms with E-state index in [1.807, 2.05) is 51.1 Å². The second kappa shape index (κ2) is 5.23. The molecule has 0 saturated heterocycles. The number of anilines is 1. The van der Waals surface area contributed by atoms with Gasteiger partial charge in [0.2, 0.25) is 5.82 Å². The molecule has 0 aliphatic carbocycles. The van der Waals surface area contributed by atoms with Crippen LogP contribution in [0.4, 0.5) is 5.82 Å². The molecule has 24 heavy (non-hydrogen) atoms. The van der Waals surface area contributed by atoms with Crippen LogP contribution in [-0.4, -0.2) is 31.4 Å². The summed E-state index contributed by atoms with van der Waals surface area (Å²) in [5, 5.41) is 10.2. The highest BCUT2D eigenvalue weighted by Crippen LogP contribution is 2.27. The van der Waals surface area contributed by atoms with Crippen molar-refractivity contribution in [2.75, 3.05) is 5.01 Å². The van der Waals surface area contributed by atoms with Crippen LogP contribution in [0.1, 0.15) is 24.7 Å². The van der Waals surface area contributed by atoms with Gasteiger partial charge in [0.15, 0.2) is 5.82 Å². The van der Waals surface area contributed by atoms with Gasteiger partial charge in [-0.05, 0) is 39.0 Å². The maximum atomic E-state index is 12.3. The van der Waals surface area contributed by atoms with Gasteiger partial charge in [-0.1, -0.05) is 12.1 Å². The highest BCUT2D eigenvalue weighted by molar-refractivity contribution is 6.12. The summed E-state index contributed by atoms with van der Waals surface area (Å²) in [6.07, 6.45) is 0.297. The summed E-state index contributed by atoms with van der Waals surface area (Å²) in [6, 6.07) is 9.52. The van der Waals surface area contributed by atoms with Crippen LogP contribution in [0.3, 0.4) is 0 Å². The topological polar surface area (TPSA) is 76.3 Å². The predicted molar refractivity (Wildman–Crippen MR) is 91.3 cm³/mol. The molecule has 120 valence electrons. The number of carbonyl (C=O) groups is 1. The van der Waals surface area contributed by atoms with E-state index in [0.29, 0.717) is 23.6 Å². The first-order valence-electron chi connectivity index (χ1n) is 7.70. The number of aryl methyl sites for hydroxylation is 2. The molecule has 0 spiro atoms. The van der Waals surface area contributed by atoms with E-state index < -0.39 is 0 Å². The summed E-state index contributed by atoms with van der Waals surface area (Å²) in [6.45, 7) is 5.69. The Morgan fingerprint density at radius 3 is 2.21 bits per heavy atom. The number of hydrogen-bond acceptors (Lipinski definition) is 5. The third-order valence-electron chi connectivity index (χ3n) is 3.86. The van der Waals surface area contributed by atoms with Crippen LogP contribution in [0.25, 0.3) is 16.9 Å². The maximum Gasteiger partial charge on any atom is 0.254 e. The Kier molecular flexibility index (Phi) is 3.16. The number of rotatable bonds is 2. The second-order valence-corrected chi connectivity index (χ2v) is 5.92. The number of amides is 1. The van der Waals surface area contributed by atoms with Crippen LogP contribution >= 0.6 is 0 Å². The van der Waals surface area contributed by atoms with Crippen molar-refractivity contribution in [2.24, 2.45) is 5.10 Å². The number of hydrazone groups is 1. The van der Waals surface area contributed by atoms with Gasteiger partial charge in [-0.3, -0.25) is 4.79 Å². The summed E-state index contributed by atoms with van der Waals surface area (Å²) in [7, 11) is 0. The third-order valence-corrected chi connectivity index (χ3v) is 3.86. The maximum absolute atomic E-state index is 12.3. The lowest BCUT2D eigenvalue weighted by atomic mass is 10.3. The fourth-order valence-corrected chi connectivity index (χ4v) is 2.83. The number of para-hydroxylation sites is 2. The van der Waals surface area contributed by atoms with E-state index in [9.17, 15) is 4.79 Å². The average Bonchev–Trinajstić information content (AvgIpc) is 3.06. The van der Waals surface area contributed by atoms with Crippen LogP contribution in [0, 0.1) is 13.8 Å². The first kappa shape index (κ1) is 14.5. The molecule has 1 aliphatic rings. The van der Waals surface area contributed by atoms with Crippen molar-refractivity contribution in [3.8, 4) is 5.82 Å². The molecule has 7 heteroatoms. The van der Waals surface area contributed by atoms with Crippen molar-refractivity contribution in [3.05, 3.63) is 41.7 Å². The lowest BCUT2D eigenvalue weighted by Gasteiger charge is -2.16. The largest absolute Gasteiger partial charge is 0.272 e. The summed E-state index contributed by atoms with van der Waals surface area (Å²) in [5.74, 6) is 0.799. The normalized spacial score (nSPS) is 14.5. The number of aromatic nitrogens is 4. The Labute approximate surface area is 138 Å². The number of fused-ring (bicyclic) bond motifs is 1.